The predicted octanol–water partition coefficient (Wildman–Crippen LogP) is 3.90. The van der Waals surface area contributed by atoms with Crippen LogP contribution in [0.5, 0.6) is 5.75 Å². The minimum absolute atomic E-state index is 0.285. The standard InChI is InChI=1S/C24H30N4O2/c1-17-6-12-28(26-17)13-9-21(29)16-27-10-7-19(8-11-27)23-14-22-18(2)24(30-3)5-4-20(22)15-25-23/h4-6,12,14-15,19H,7-11,13,16H2,1-3H3. The molecule has 1 aliphatic heterocycles. The Balaban J connectivity index is 1.32. The zero-order valence-corrected chi connectivity index (χ0v) is 18.1. The highest BCUT2D eigenvalue weighted by molar-refractivity contribution is 5.87. The first-order valence-corrected chi connectivity index (χ1v) is 10.7. The van der Waals surface area contributed by atoms with E-state index in [-0.39, 0.29) is 5.78 Å². The molecule has 0 amide bonds. The molecule has 0 unspecified atom stereocenters. The second kappa shape index (κ2) is 8.96. The lowest BCUT2D eigenvalue weighted by atomic mass is 9.91. The van der Waals surface area contributed by atoms with Crippen LogP contribution in [0.3, 0.4) is 0 Å². The van der Waals surface area contributed by atoms with Gasteiger partial charge in [-0.3, -0.25) is 19.4 Å². The lowest BCUT2D eigenvalue weighted by molar-refractivity contribution is -0.120. The molecule has 3 aromatic rings. The van der Waals surface area contributed by atoms with E-state index < -0.39 is 0 Å². The Morgan fingerprint density at radius 2 is 2.00 bits per heavy atom. The van der Waals surface area contributed by atoms with Crippen LogP contribution in [0.4, 0.5) is 0 Å². The number of hydrogen-bond donors (Lipinski definition) is 0. The molecule has 0 atom stereocenters. The Hall–Kier alpha value is -2.73. The van der Waals surface area contributed by atoms with Crippen LogP contribution in [-0.2, 0) is 11.3 Å². The Morgan fingerprint density at radius 3 is 2.70 bits per heavy atom. The average Bonchev–Trinajstić information content (AvgIpc) is 3.18. The minimum Gasteiger partial charge on any atom is -0.496 e. The third kappa shape index (κ3) is 4.54. The second-order valence-electron chi connectivity index (χ2n) is 8.28. The fourth-order valence-electron chi connectivity index (χ4n) is 4.35. The van der Waals surface area contributed by atoms with Crippen LogP contribution in [0.2, 0.25) is 0 Å². The summed E-state index contributed by atoms with van der Waals surface area (Å²) in [4.78, 5) is 19.4. The molecule has 4 rings (SSSR count). The number of aryl methyl sites for hydroxylation is 3. The van der Waals surface area contributed by atoms with Crippen molar-refractivity contribution in [1.82, 2.24) is 19.7 Å². The number of likely N-dealkylation sites (tertiary alicyclic amines) is 1. The Bertz CT molecular complexity index is 1030. The molecule has 6 nitrogen and oxygen atoms in total. The maximum Gasteiger partial charge on any atom is 0.148 e. The zero-order chi connectivity index (χ0) is 21.1. The number of piperidine rings is 1. The van der Waals surface area contributed by atoms with Gasteiger partial charge in [0.05, 0.1) is 19.3 Å². The highest BCUT2D eigenvalue weighted by Crippen LogP contribution is 2.32. The first-order valence-electron chi connectivity index (χ1n) is 10.7. The molecule has 2 aromatic heterocycles. The molecular formula is C24H30N4O2. The highest BCUT2D eigenvalue weighted by atomic mass is 16.5. The van der Waals surface area contributed by atoms with Crippen molar-refractivity contribution >= 4 is 16.6 Å². The second-order valence-corrected chi connectivity index (χ2v) is 8.28. The summed E-state index contributed by atoms with van der Waals surface area (Å²) in [5.41, 5.74) is 3.30. The van der Waals surface area contributed by atoms with Crippen LogP contribution in [-0.4, -0.2) is 52.2 Å². The van der Waals surface area contributed by atoms with Gasteiger partial charge >= 0.3 is 0 Å². The monoisotopic (exact) mass is 406 g/mol. The van der Waals surface area contributed by atoms with Gasteiger partial charge in [-0.15, -0.1) is 0 Å². The van der Waals surface area contributed by atoms with E-state index in [4.69, 9.17) is 9.72 Å². The molecule has 1 aromatic carbocycles. The molecule has 0 bridgehead atoms. The van der Waals surface area contributed by atoms with Crippen LogP contribution < -0.4 is 4.74 Å². The lowest BCUT2D eigenvalue weighted by Crippen LogP contribution is -2.37. The van der Waals surface area contributed by atoms with Crippen molar-refractivity contribution < 1.29 is 9.53 Å². The summed E-state index contributed by atoms with van der Waals surface area (Å²) in [6.07, 6.45) is 6.51. The number of ketones is 1. The topological polar surface area (TPSA) is 60.2 Å². The SMILES string of the molecule is COc1ccc2cnc(C3CCN(CC(=O)CCn4ccc(C)n4)CC3)cc2c1C. The van der Waals surface area contributed by atoms with Gasteiger partial charge in [-0.05, 0) is 75.0 Å². The smallest absolute Gasteiger partial charge is 0.148 e. The van der Waals surface area contributed by atoms with Crippen molar-refractivity contribution in [3.63, 3.8) is 0 Å². The van der Waals surface area contributed by atoms with E-state index in [1.807, 2.05) is 36.1 Å². The number of pyridine rings is 1. The largest absolute Gasteiger partial charge is 0.496 e. The van der Waals surface area contributed by atoms with Crippen LogP contribution in [0.25, 0.3) is 10.8 Å². The molecule has 0 saturated carbocycles. The third-order valence-electron chi connectivity index (χ3n) is 6.16. The Labute approximate surface area is 177 Å². The van der Waals surface area contributed by atoms with Crippen molar-refractivity contribution in [3.8, 4) is 5.75 Å². The molecule has 30 heavy (non-hydrogen) atoms. The summed E-state index contributed by atoms with van der Waals surface area (Å²) in [6, 6.07) is 8.26. The number of carbonyl (C=O) groups is 1. The molecule has 0 N–H and O–H groups in total. The van der Waals surface area contributed by atoms with E-state index in [1.165, 1.54) is 5.39 Å². The maximum atomic E-state index is 12.4. The number of ether oxygens (including phenoxy) is 1. The predicted molar refractivity (Wildman–Crippen MR) is 118 cm³/mol. The van der Waals surface area contributed by atoms with Gasteiger partial charge in [-0.2, -0.15) is 5.10 Å². The van der Waals surface area contributed by atoms with Gasteiger partial charge in [0.15, 0.2) is 0 Å². The van der Waals surface area contributed by atoms with E-state index in [9.17, 15) is 4.79 Å². The van der Waals surface area contributed by atoms with Crippen LogP contribution in [0.15, 0.2) is 36.7 Å². The van der Waals surface area contributed by atoms with Crippen molar-refractivity contribution in [2.75, 3.05) is 26.7 Å². The molecule has 1 saturated heterocycles. The molecule has 6 heteroatoms. The van der Waals surface area contributed by atoms with Crippen LogP contribution in [0.1, 0.15) is 42.1 Å². The fraction of sp³-hybridized carbons (Fsp3) is 0.458. The number of fused-ring (bicyclic) bond motifs is 1. The first-order chi connectivity index (χ1) is 14.5. The van der Waals surface area contributed by atoms with Crippen molar-refractivity contribution in [2.24, 2.45) is 0 Å². The number of benzene rings is 1. The normalized spacial score (nSPS) is 15.6. The number of carbonyl (C=O) groups excluding carboxylic acids is 1. The maximum absolute atomic E-state index is 12.4. The number of aromatic nitrogens is 3. The lowest BCUT2D eigenvalue weighted by Gasteiger charge is -2.31. The fourth-order valence-corrected chi connectivity index (χ4v) is 4.35. The Morgan fingerprint density at radius 1 is 1.20 bits per heavy atom. The Kier molecular flexibility index (Phi) is 6.13. The zero-order valence-electron chi connectivity index (χ0n) is 18.1. The number of nitrogens with zero attached hydrogens (tertiary/aromatic N) is 4. The summed E-state index contributed by atoms with van der Waals surface area (Å²) < 4.78 is 7.32. The molecule has 0 radical (unpaired) electrons. The number of methoxy groups -OCH3 is 1. The van der Waals surface area contributed by atoms with E-state index in [0.29, 0.717) is 25.4 Å². The number of rotatable bonds is 7. The quantitative estimate of drug-likeness (QED) is 0.596. The minimum atomic E-state index is 0.285. The molecule has 158 valence electrons. The van der Waals surface area contributed by atoms with Gasteiger partial charge in [-0.25, -0.2) is 0 Å². The van der Waals surface area contributed by atoms with Crippen molar-refractivity contribution in [2.45, 2.75) is 45.6 Å². The summed E-state index contributed by atoms with van der Waals surface area (Å²) in [7, 11) is 1.71. The first kappa shape index (κ1) is 20.5. The number of hydrogen-bond acceptors (Lipinski definition) is 5. The van der Waals surface area contributed by atoms with Gasteiger partial charge in [0.2, 0.25) is 0 Å². The van der Waals surface area contributed by atoms with E-state index >= 15 is 0 Å². The van der Waals surface area contributed by atoms with Gasteiger partial charge in [0.1, 0.15) is 11.5 Å². The molecule has 3 heterocycles. The molecule has 1 fully saturated rings. The van der Waals surface area contributed by atoms with Crippen LogP contribution in [0, 0.1) is 13.8 Å². The van der Waals surface area contributed by atoms with Gasteiger partial charge in [0.25, 0.3) is 0 Å². The summed E-state index contributed by atoms with van der Waals surface area (Å²) in [6.45, 7) is 7.14. The van der Waals surface area contributed by atoms with Crippen molar-refractivity contribution in [3.05, 3.63) is 53.6 Å². The van der Waals surface area contributed by atoms with Gasteiger partial charge in [0, 0.05) is 42.4 Å². The summed E-state index contributed by atoms with van der Waals surface area (Å²) >= 11 is 0. The summed E-state index contributed by atoms with van der Waals surface area (Å²) in [5, 5.41) is 6.71. The molecular weight excluding hydrogens is 376 g/mol. The van der Waals surface area contributed by atoms with Crippen LogP contribution >= 0.6 is 0 Å². The molecule has 0 aliphatic carbocycles. The van der Waals surface area contributed by atoms with Gasteiger partial charge < -0.3 is 4.74 Å². The number of Topliss-reactive ketones (excluding diaryl/α,β-unsaturated/α-hetero) is 1. The average molecular weight is 407 g/mol. The van der Waals surface area contributed by atoms with E-state index in [2.05, 4.69) is 29.1 Å². The highest BCUT2D eigenvalue weighted by Gasteiger charge is 2.23. The van der Waals surface area contributed by atoms with E-state index in [1.54, 1.807) is 7.11 Å². The third-order valence-corrected chi connectivity index (χ3v) is 6.16. The van der Waals surface area contributed by atoms with E-state index in [0.717, 1.165) is 54.0 Å². The molecule has 1 aliphatic rings. The summed E-state index contributed by atoms with van der Waals surface area (Å²) in [5.74, 6) is 1.64. The van der Waals surface area contributed by atoms with Crippen molar-refractivity contribution in [1.29, 1.82) is 0 Å². The van der Waals surface area contributed by atoms with Gasteiger partial charge in [-0.1, -0.05) is 0 Å². The molecule has 0 spiro atoms.